The predicted octanol–water partition coefficient (Wildman–Crippen LogP) is 0.240. The average Bonchev–Trinajstić information content (AvgIpc) is 2.13. The Kier molecular flexibility index (Phi) is 7.74. The van der Waals surface area contributed by atoms with Gasteiger partial charge in [-0.25, -0.2) is 0 Å². The molecule has 0 aromatic heterocycles. The van der Waals surface area contributed by atoms with Crippen LogP contribution in [0.25, 0.3) is 0 Å². The Balaban J connectivity index is 4.01. The fraction of sp³-hybridized carbons (Fsp3) is 0.833. The molecule has 0 heterocycles. The van der Waals surface area contributed by atoms with E-state index in [0.717, 1.165) is 0 Å². The first-order valence-corrected chi connectivity index (χ1v) is 5.92. The highest BCUT2D eigenvalue weighted by Crippen LogP contribution is 2.05. The highest BCUT2D eigenvalue weighted by Gasteiger charge is 2.16. The van der Waals surface area contributed by atoms with Crippen LogP contribution in [0.2, 0.25) is 0 Å². The topological polar surface area (TPSA) is 86.6 Å². The maximum atomic E-state index is 11.5. The van der Waals surface area contributed by atoms with Crippen molar-refractivity contribution in [2.45, 2.75) is 52.2 Å². The second kappa shape index (κ2) is 8.20. The highest BCUT2D eigenvalue weighted by molar-refractivity contribution is 5.79. The zero-order chi connectivity index (χ0) is 13.4. The summed E-state index contributed by atoms with van der Waals surface area (Å²) in [6.07, 6.45) is -0.369. The molecule has 0 aliphatic carbocycles. The molecule has 1 amide bonds. The maximum Gasteiger partial charge on any atom is 0.222 e. The first kappa shape index (κ1) is 16.1. The number of hydrogen-bond donors (Lipinski definition) is 3. The molecule has 0 aromatic carbocycles. The Bertz CT molecular complexity index is 253. The van der Waals surface area contributed by atoms with Gasteiger partial charge >= 0.3 is 0 Å². The molecule has 3 N–H and O–H groups in total. The van der Waals surface area contributed by atoms with E-state index in [1.165, 1.54) is 6.92 Å². The summed E-state index contributed by atoms with van der Waals surface area (Å²) in [6, 6.07) is -0.285. The third kappa shape index (κ3) is 8.83. The van der Waals surface area contributed by atoms with Crippen LogP contribution in [0.1, 0.15) is 40.0 Å². The molecule has 17 heavy (non-hydrogen) atoms. The number of aliphatic hydroxyl groups excluding tert-OH is 2. The van der Waals surface area contributed by atoms with Crippen LogP contribution in [0.4, 0.5) is 0 Å². The van der Waals surface area contributed by atoms with Crippen molar-refractivity contribution in [1.29, 1.82) is 0 Å². The van der Waals surface area contributed by atoms with E-state index >= 15 is 0 Å². The first-order valence-electron chi connectivity index (χ1n) is 5.92. The Hall–Kier alpha value is -0.940. The predicted molar refractivity (Wildman–Crippen MR) is 64.4 cm³/mol. The molecule has 0 aliphatic heterocycles. The van der Waals surface area contributed by atoms with Crippen LogP contribution < -0.4 is 5.32 Å². The molecule has 5 nitrogen and oxygen atoms in total. The van der Waals surface area contributed by atoms with E-state index in [0.29, 0.717) is 12.3 Å². The molecule has 0 spiro atoms. The lowest BCUT2D eigenvalue weighted by Gasteiger charge is -2.19. The fourth-order valence-electron chi connectivity index (χ4n) is 1.65. The molecule has 100 valence electrons. The van der Waals surface area contributed by atoms with Crippen molar-refractivity contribution in [1.82, 2.24) is 5.32 Å². The summed E-state index contributed by atoms with van der Waals surface area (Å²) in [4.78, 5) is 22.2. The van der Waals surface area contributed by atoms with Crippen LogP contribution in [-0.2, 0) is 9.59 Å². The molecule has 0 aromatic rings. The summed E-state index contributed by atoms with van der Waals surface area (Å²) in [6.45, 7) is 5.25. The van der Waals surface area contributed by atoms with Gasteiger partial charge in [-0.1, -0.05) is 13.8 Å². The SMILES string of the molecule is CC(=O)C[C@H](O)CC(=O)N[C@H](CO)CC(C)C. The highest BCUT2D eigenvalue weighted by atomic mass is 16.3. The Labute approximate surface area is 102 Å². The number of carbonyl (C=O) groups excluding carboxylic acids is 2. The van der Waals surface area contributed by atoms with Crippen molar-refractivity contribution in [2.24, 2.45) is 5.92 Å². The zero-order valence-electron chi connectivity index (χ0n) is 10.8. The number of rotatable bonds is 8. The van der Waals surface area contributed by atoms with E-state index in [1.54, 1.807) is 0 Å². The van der Waals surface area contributed by atoms with Crippen molar-refractivity contribution in [3.63, 3.8) is 0 Å². The summed E-state index contributed by atoms with van der Waals surface area (Å²) in [5.74, 6) is -0.112. The smallest absolute Gasteiger partial charge is 0.222 e. The van der Waals surface area contributed by atoms with E-state index in [9.17, 15) is 14.7 Å². The van der Waals surface area contributed by atoms with E-state index < -0.39 is 6.10 Å². The lowest BCUT2D eigenvalue weighted by Crippen LogP contribution is -2.39. The Morgan fingerprint density at radius 3 is 2.24 bits per heavy atom. The van der Waals surface area contributed by atoms with Gasteiger partial charge in [-0.2, -0.15) is 0 Å². The lowest BCUT2D eigenvalue weighted by molar-refractivity contribution is -0.125. The standard InChI is InChI=1S/C12H23NO4/c1-8(2)4-10(7-14)13-12(17)6-11(16)5-9(3)15/h8,10-11,14,16H,4-7H2,1-3H3,(H,13,17)/t10-,11-/m0/s1. The van der Waals surface area contributed by atoms with Gasteiger partial charge in [0.2, 0.25) is 5.91 Å². The van der Waals surface area contributed by atoms with Gasteiger partial charge in [0.1, 0.15) is 5.78 Å². The molecular formula is C12H23NO4. The normalized spacial score (nSPS) is 14.5. The second-order valence-electron chi connectivity index (χ2n) is 4.84. The van der Waals surface area contributed by atoms with Gasteiger partial charge < -0.3 is 15.5 Å². The molecule has 0 radical (unpaired) electrons. The molecule has 0 saturated heterocycles. The minimum absolute atomic E-state index is 0.0125. The second-order valence-corrected chi connectivity index (χ2v) is 4.84. The number of carbonyl (C=O) groups is 2. The molecule has 0 aliphatic rings. The number of aliphatic hydroxyl groups is 2. The van der Waals surface area contributed by atoms with Crippen molar-refractivity contribution in [2.75, 3.05) is 6.61 Å². The van der Waals surface area contributed by atoms with Crippen molar-refractivity contribution in [3.05, 3.63) is 0 Å². The van der Waals surface area contributed by atoms with Crippen molar-refractivity contribution >= 4 is 11.7 Å². The van der Waals surface area contributed by atoms with Gasteiger partial charge in [-0.3, -0.25) is 9.59 Å². The quantitative estimate of drug-likeness (QED) is 0.571. The van der Waals surface area contributed by atoms with E-state index in [1.807, 2.05) is 13.8 Å². The Morgan fingerprint density at radius 2 is 1.82 bits per heavy atom. The van der Waals surface area contributed by atoms with Crippen molar-refractivity contribution < 1.29 is 19.8 Å². The third-order valence-electron chi connectivity index (χ3n) is 2.29. The van der Waals surface area contributed by atoms with Crippen LogP contribution in [0.5, 0.6) is 0 Å². The minimum Gasteiger partial charge on any atom is -0.394 e. The number of nitrogens with one attached hydrogen (secondary N) is 1. The molecule has 0 rings (SSSR count). The number of amides is 1. The first-order chi connectivity index (χ1) is 7.85. The van der Waals surface area contributed by atoms with Gasteiger partial charge in [0.05, 0.1) is 25.2 Å². The third-order valence-corrected chi connectivity index (χ3v) is 2.29. The van der Waals surface area contributed by atoms with Crippen LogP contribution in [0, 0.1) is 5.92 Å². The summed E-state index contributed by atoms with van der Waals surface area (Å²) in [5, 5.41) is 21.1. The van der Waals surface area contributed by atoms with E-state index in [-0.39, 0.29) is 37.2 Å². The molecule has 5 heteroatoms. The zero-order valence-corrected chi connectivity index (χ0v) is 10.8. The fourth-order valence-corrected chi connectivity index (χ4v) is 1.65. The summed E-state index contributed by atoms with van der Waals surface area (Å²) in [7, 11) is 0. The molecule has 0 fully saturated rings. The Morgan fingerprint density at radius 1 is 1.24 bits per heavy atom. The monoisotopic (exact) mass is 245 g/mol. The number of hydrogen-bond acceptors (Lipinski definition) is 4. The van der Waals surface area contributed by atoms with Crippen LogP contribution in [0.15, 0.2) is 0 Å². The lowest BCUT2D eigenvalue weighted by atomic mass is 10.0. The van der Waals surface area contributed by atoms with Gasteiger partial charge in [0.25, 0.3) is 0 Å². The molecule has 2 atom stereocenters. The number of ketones is 1. The minimum atomic E-state index is -0.939. The van der Waals surface area contributed by atoms with Crippen LogP contribution in [0.3, 0.4) is 0 Å². The van der Waals surface area contributed by atoms with Crippen LogP contribution >= 0.6 is 0 Å². The van der Waals surface area contributed by atoms with Gasteiger partial charge in [-0.05, 0) is 19.3 Å². The van der Waals surface area contributed by atoms with E-state index in [4.69, 9.17) is 5.11 Å². The summed E-state index contributed by atoms with van der Waals surface area (Å²) >= 11 is 0. The number of Topliss-reactive ketones (excluding diaryl/α,β-unsaturated/α-hetero) is 1. The maximum absolute atomic E-state index is 11.5. The van der Waals surface area contributed by atoms with Crippen LogP contribution in [-0.4, -0.2) is 40.7 Å². The van der Waals surface area contributed by atoms with Crippen molar-refractivity contribution in [3.8, 4) is 0 Å². The van der Waals surface area contributed by atoms with E-state index in [2.05, 4.69) is 5.32 Å². The summed E-state index contributed by atoms with van der Waals surface area (Å²) < 4.78 is 0. The molecule has 0 bridgehead atoms. The molecule has 0 saturated carbocycles. The molecule has 0 unspecified atom stereocenters. The summed E-state index contributed by atoms with van der Waals surface area (Å²) in [5.41, 5.74) is 0. The molecular weight excluding hydrogens is 222 g/mol. The largest absolute Gasteiger partial charge is 0.394 e. The van der Waals surface area contributed by atoms with Gasteiger partial charge in [0.15, 0.2) is 0 Å². The average molecular weight is 245 g/mol. The van der Waals surface area contributed by atoms with Gasteiger partial charge in [-0.15, -0.1) is 0 Å². The van der Waals surface area contributed by atoms with Gasteiger partial charge in [0, 0.05) is 6.42 Å².